The fraction of sp³-hybridized carbons (Fsp3) is 0.286. The van der Waals surface area contributed by atoms with Gasteiger partial charge in [-0.15, -0.1) is 0 Å². The van der Waals surface area contributed by atoms with Crippen molar-refractivity contribution in [2.75, 3.05) is 24.3 Å². The zero-order valence-corrected chi connectivity index (χ0v) is 11.6. The summed E-state index contributed by atoms with van der Waals surface area (Å²) in [6, 6.07) is 4.98. The number of aryl methyl sites for hydroxylation is 1. The minimum Gasteiger partial charge on any atom is -0.489 e. The maximum atomic E-state index is 12.2. The lowest BCUT2D eigenvalue weighted by Crippen LogP contribution is -2.17. The smallest absolute Gasteiger partial charge is 0.273 e. The van der Waals surface area contributed by atoms with Gasteiger partial charge < -0.3 is 20.5 Å². The molecule has 3 N–H and O–H groups in total. The number of aromatic nitrogens is 2. The molecule has 0 unspecified atom stereocenters. The van der Waals surface area contributed by atoms with Gasteiger partial charge in [0.25, 0.3) is 5.91 Å². The van der Waals surface area contributed by atoms with E-state index >= 15 is 0 Å². The van der Waals surface area contributed by atoms with Crippen LogP contribution in [-0.2, 0) is 7.05 Å². The zero-order valence-electron chi connectivity index (χ0n) is 11.6. The van der Waals surface area contributed by atoms with E-state index in [-0.39, 0.29) is 5.91 Å². The van der Waals surface area contributed by atoms with Gasteiger partial charge in [0, 0.05) is 31.8 Å². The van der Waals surface area contributed by atoms with Crippen LogP contribution in [0.25, 0.3) is 0 Å². The molecule has 3 rings (SSSR count). The van der Waals surface area contributed by atoms with Gasteiger partial charge in [-0.25, -0.2) is 0 Å². The third kappa shape index (κ3) is 2.62. The average Bonchev–Trinajstić information content (AvgIpc) is 2.75. The molecule has 1 aliphatic rings. The summed E-state index contributed by atoms with van der Waals surface area (Å²) in [4.78, 5) is 12.2. The number of hydrogen-bond donors (Lipinski definition) is 2. The van der Waals surface area contributed by atoms with Crippen molar-refractivity contribution in [3.8, 4) is 11.5 Å². The Labute approximate surface area is 121 Å². The maximum absolute atomic E-state index is 12.2. The summed E-state index contributed by atoms with van der Waals surface area (Å²) in [5.41, 5.74) is 7.33. The first kappa shape index (κ1) is 13.3. The second kappa shape index (κ2) is 5.35. The van der Waals surface area contributed by atoms with Crippen LogP contribution in [0.2, 0.25) is 0 Å². The van der Waals surface area contributed by atoms with E-state index in [0.717, 1.165) is 6.42 Å². The third-order valence-electron chi connectivity index (χ3n) is 3.22. The number of anilines is 2. The van der Waals surface area contributed by atoms with E-state index in [4.69, 9.17) is 15.2 Å². The number of carbonyl (C=O) groups excluding carboxylic acids is 1. The summed E-state index contributed by atoms with van der Waals surface area (Å²) in [6.07, 6.45) is 2.37. The van der Waals surface area contributed by atoms with Crippen LogP contribution in [0.3, 0.4) is 0 Å². The molecule has 21 heavy (non-hydrogen) atoms. The van der Waals surface area contributed by atoms with Crippen LogP contribution in [0.4, 0.5) is 11.4 Å². The number of nitrogens with zero attached hydrogens (tertiary/aromatic N) is 2. The Balaban J connectivity index is 1.87. The quantitative estimate of drug-likeness (QED) is 0.815. The highest BCUT2D eigenvalue weighted by atomic mass is 16.5. The number of benzene rings is 1. The van der Waals surface area contributed by atoms with Crippen molar-refractivity contribution in [1.29, 1.82) is 0 Å². The lowest BCUT2D eigenvalue weighted by Gasteiger charge is -2.13. The summed E-state index contributed by atoms with van der Waals surface area (Å²) in [7, 11) is 1.70. The topological polar surface area (TPSA) is 91.4 Å². The molecule has 0 spiro atoms. The van der Waals surface area contributed by atoms with Gasteiger partial charge in [-0.2, -0.15) is 5.10 Å². The molecule has 110 valence electrons. The summed E-state index contributed by atoms with van der Waals surface area (Å²) in [5, 5.41) is 6.73. The molecule has 0 saturated carbocycles. The number of fused-ring (bicyclic) bond motifs is 1. The highest BCUT2D eigenvalue weighted by molar-refractivity contribution is 6.04. The zero-order chi connectivity index (χ0) is 14.8. The molecular weight excluding hydrogens is 272 g/mol. The molecule has 0 fully saturated rings. The third-order valence-corrected chi connectivity index (χ3v) is 3.22. The average molecular weight is 288 g/mol. The SMILES string of the molecule is Cn1nccc1C(=O)Nc1cc2c(cc1N)OCCCO2. The lowest BCUT2D eigenvalue weighted by atomic mass is 10.2. The van der Waals surface area contributed by atoms with Crippen molar-refractivity contribution in [3.05, 3.63) is 30.1 Å². The largest absolute Gasteiger partial charge is 0.489 e. The van der Waals surface area contributed by atoms with Gasteiger partial charge in [0.2, 0.25) is 0 Å². The minimum atomic E-state index is -0.281. The van der Waals surface area contributed by atoms with Crippen molar-refractivity contribution in [3.63, 3.8) is 0 Å². The molecule has 0 radical (unpaired) electrons. The number of nitrogens with one attached hydrogen (secondary N) is 1. The van der Waals surface area contributed by atoms with E-state index in [1.807, 2.05) is 0 Å². The van der Waals surface area contributed by atoms with Crippen molar-refractivity contribution in [2.24, 2.45) is 7.05 Å². The van der Waals surface area contributed by atoms with Crippen LogP contribution in [0.1, 0.15) is 16.9 Å². The normalized spacial score (nSPS) is 13.6. The molecule has 0 bridgehead atoms. The first-order chi connectivity index (χ1) is 10.1. The Morgan fingerprint density at radius 2 is 2.05 bits per heavy atom. The molecule has 1 aromatic carbocycles. The van der Waals surface area contributed by atoms with Gasteiger partial charge >= 0.3 is 0 Å². The van der Waals surface area contributed by atoms with Crippen molar-refractivity contribution in [2.45, 2.75) is 6.42 Å². The van der Waals surface area contributed by atoms with Crippen molar-refractivity contribution < 1.29 is 14.3 Å². The first-order valence-corrected chi connectivity index (χ1v) is 6.63. The van der Waals surface area contributed by atoms with Crippen LogP contribution in [0.15, 0.2) is 24.4 Å². The molecule has 0 atom stereocenters. The second-order valence-corrected chi connectivity index (χ2v) is 4.73. The Hall–Kier alpha value is -2.70. The van der Waals surface area contributed by atoms with E-state index in [1.165, 1.54) is 4.68 Å². The summed E-state index contributed by atoms with van der Waals surface area (Å²) in [6.45, 7) is 1.17. The van der Waals surface area contributed by atoms with Gasteiger partial charge in [-0.05, 0) is 6.07 Å². The molecule has 2 heterocycles. The predicted molar refractivity (Wildman–Crippen MR) is 77.6 cm³/mol. The van der Waals surface area contributed by atoms with E-state index in [0.29, 0.717) is 41.8 Å². The summed E-state index contributed by atoms with van der Waals surface area (Å²) in [5.74, 6) is 0.904. The van der Waals surface area contributed by atoms with Crippen LogP contribution in [0.5, 0.6) is 11.5 Å². The fourth-order valence-electron chi connectivity index (χ4n) is 2.12. The van der Waals surface area contributed by atoms with E-state index in [1.54, 1.807) is 31.4 Å². The first-order valence-electron chi connectivity index (χ1n) is 6.63. The molecule has 7 heteroatoms. The number of rotatable bonds is 2. The van der Waals surface area contributed by atoms with Gasteiger partial charge in [0.15, 0.2) is 11.5 Å². The number of carbonyl (C=O) groups is 1. The van der Waals surface area contributed by atoms with Gasteiger partial charge in [0.1, 0.15) is 5.69 Å². The number of amides is 1. The van der Waals surface area contributed by atoms with Crippen LogP contribution >= 0.6 is 0 Å². The van der Waals surface area contributed by atoms with Crippen LogP contribution in [-0.4, -0.2) is 28.9 Å². The molecule has 1 aromatic heterocycles. The minimum absolute atomic E-state index is 0.281. The van der Waals surface area contributed by atoms with Gasteiger partial charge in [0.05, 0.1) is 24.6 Å². The number of nitrogens with two attached hydrogens (primary N) is 1. The van der Waals surface area contributed by atoms with E-state index in [9.17, 15) is 4.79 Å². The van der Waals surface area contributed by atoms with Crippen molar-refractivity contribution >= 4 is 17.3 Å². The van der Waals surface area contributed by atoms with E-state index in [2.05, 4.69) is 10.4 Å². The van der Waals surface area contributed by atoms with Gasteiger partial charge in [-0.3, -0.25) is 9.48 Å². The molecule has 0 saturated heterocycles. The Kier molecular flexibility index (Phi) is 3.39. The molecule has 1 amide bonds. The summed E-state index contributed by atoms with van der Waals surface area (Å²) < 4.78 is 12.6. The molecule has 0 aliphatic carbocycles. The Morgan fingerprint density at radius 3 is 2.71 bits per heavy atom. The monoisotopic (exact) mass is 288 g/mol. The number of ether oxygens (including phenoxy) is 2. The Morgan fingerprint density at radius 1 is 1.33 bits per heavy atom. The number of hydrogen-bond acceptors (Lipinski definition) is 5. The van der Waals surface area contributed by atoms with Crippen LogP contribution in [0, 0.1) is 0 Å². The van der Waals surface area contributed by atoms with Crippen LogP contribution < -0.4 is 20.5 Å². The molecule has 2 aromatic rings. The molecule has 1 aliphatic heterocycles. The molecular formula is C14H16N4O3. The standard InChI is InChI=1S/C14H16N4O3/c1-18-11(3-4-16-18)14(19)17-10-8-13-12(7-9(10)15)20-5-2-6-21-13/h3-4,7-8H,2,5-6,15H2,1H3,(H,17,19). The highest BCUT2D eigenvalue weighted by Gasteiger charge is 2.16. The maximum Gasteiger partial charge on any atom is 0.273 e. The molecule has 7 nitrogen and oxygen atoms in total. The summed E-state index contributed by atoms with van der Waals surface area (Å²) >= 11 is 0. The van der Waals surface area contributed by atoms with Crippen molar-refractivity contribution in [1.82, 2.24) is 9.78 Å². The van der Waals surface area contributed by atoms with E-state index < -0.39 is 0 Å². The predicted octanol–water partition coefficient (Wildman–Crippen LogP) is 1.42. The Bertz CT molecular complexity index is 681. The van der Waals surface area contributed by atoms with Gasteiger partial charge in [-0.1, -0.05) is 0 Å². The second-order valence-electron chi connectivity index (χ2n) is 4.73. The lowest BCUT2D eigenvalue weighted by molar-refractivity contribution is 0.101. The number of nitrogen functional groups attached to an aromatic ring is 1. The fourth-order valence-corrected chi connectivity index (χ4v) is 2.12. The highest BCUT2D eigenvalue weighted by Crippen LogP contribution is 2.36.